The summed E-state index contributed by atoms with van der Waals surface area (Å²) in [5, 5.41) is 10.0. The summed E-state index contributed by atoms with van der Waals surface area (Å²) in [4.78, 5) is 12.2. The Hall–Kier alpha value is -2.07. The predicted octanol–water partition coefficient (Wildman–Crippen LogP) is 3.52. The molecule has 7 nitrogen and oxygen atoms in total. The van der Waals surface area contributed by atoms with Gasteiger partial charge in [0.2, 0.25) is 0 Å². The van der Waals surface area contributed by atoms with E-state index in [9.17, 15) is 18.7 Å². The molecule has 0 bridgehead atoms. The number of aliphatic hydroxyl groups is 1. The van der Waals surface area contributed by atoms with Gasteiger partial charge in [-0.25, -0.2) is 0 Å². The number of aliphatic hydroxyl groups excluding tert-OH is 1. The molecule has 1 heterocycles. The van der Waals surface area contributed by atoms with Gasteiger partial charge in [0.15, 0.2) is 0 Å². The first-order chi connectivity index (χ1) is 15.4. The quantitative estimate of drug-likeness (QED) is 0.390. The third-order valence-electron chi connectivity index (χ3n) is 5.44. The number of methoxy groups -OCH3 is 2. The van der Waals surface area contributed by atoms with Gasteiger partial charge < -0.3 is 28.8 Å². The molecule has 1 N–H and O–H groups in total. The molecular weight excluding hydrogens is 438 g/mol. The second-order valence-corrected chi connectivity index (χ2v) is 9.02. The molecule has 5 atom stereocenters. The Kier molecular flexibility index (Phi) is 9.37. The molecule has 186 valence electrons. The van der Waals surface area contributed by atoms with Gasteiger partial charge in [0.1, 0.15) is 36.8 Å². The van der Waals surface area contributed by atoms with E-state index in [2.05, 4.69) is 6.58 Å². The summed E-state index contributed by atoms with van der Waals surface area (Å²) in [7, 11) is 2.98. The van der Waals surface area contributed by atoms with Crippen molar-refractivity contribution < 1.29 is 42.4 Å². The van der Waals surface area contributed by atoms with Crippen LogP contribution in [0, 0.1) is 5.41 Å². The highest BCUT2D eigenvalue weighted by atomic mass is 19.3. The lowest BCUT2D eigenvalue weighted by molar-refractivity contribution is -0.160. The Morgan fingerprint density at radius 3 is 2.33 bits per heavy atom. The fourth-order valence-electron chi connectivity index (χ4n) is 3.42. The maximum atomic E-state index is 13.9. The summed E-state index contributed by atoms with van der Waals surface area (Å²) in [5.74, 6) is -3.23. The Balaban J connectivity index is 2.16. The predicted molar refractivity (Wildman–Crippen MR) is 117 cm³/mol. The zero-order chi connectivity index (χ0) is 24.8. The summed E-state index contributed by atoms with van der Waals surface area (Å²) >= 11 is 0. The third-order valence-corrected chi connectivity index (χ3v) is 5.44. The zero-order valence-electron chi connectivity index (χ0n) is 19.8. The minimum atomic E-state index is -3.49. The van der Waals surface area contributed by atoms with Crippen LogP contribution in [-0.2, 0) is 30.3 Å². The zero-order valence-corrected chi connectivity index (χ0v) is 19.8. The van der Waals surface area contributed by atoms with Crippen LogP contribution >= 0.6 is 0 Å². The second-order valence-electron chi connectivity index (χ2n) is 9.02. The maximum absolute atomic E-state index is 13.9. The van der Waals surface area contributed by atoms with Gasteiger partial charge in [-0.2, -0.15) is 8.78 Å². The standard InChI is InChI=1S/C24H34F2O7/c1-7-24(25,26)19(27)12-17-20(30-6)21(18(33-17)14-32-22(28)23(2,3)4)31-13-15-8-10-16(29-5)11-9-15/h7-11,17-21,27H,1,12-14H2,2-6H3. The molecule has 33 heavy (non-hydrogen) atoms. The van der Waals surface area contributed by atoms with E-state index < -0.39 is 54.2 Å². The first-order valence-electron chi connectivity index (χ1n) is 10.7. The van der Waals surface area contributed by atoms with Gasteiger partial charge in [-0.1, -0.05) is 18.7 Å². The number of rotatable bonds is 11. The molecule has 0 spiro atoms. The molecule has 0 amide bonds. The molecule has 0 saturated carbocycles. The molecule has 0 aromatic heterocycles. The lowest BCUT2D eigenvalue weighted by Crippen LogP contribution is -2.41. The Labute approximate surface area is 193 Å². The minimum Gasteiger partial charge on any atom is -0.497 e. The van der Waals surface area contributed by atoms with Crippen LogP contribution in [0.25, 0.3) is 0 Å². The number of ether oxygens (including phenoxy) is 5. The van der Waals surface area contributed by atoms with Crippen LogP contribution in [0.2, 0.25) is 0 Å². The van der Waals surface area contributed by atoms with Gasteiger partial charge in [-0.15, -0.1) is 0 Å². The van der Waals surface area contributed by atoms with Gasteiger partial charge in [-0.05, 0) is 44.5 Å². The highest BCUT2D eigenvalue weighted by Crippen LogP contribution is 2.33. The number of benzene rings is 1. The van der Waals surface area contributed by atoms with Crippen LogP contribution in [0.15, 0.2) is 36.9 Å². The van der Waals surface area contributed by atoms with Gasteiger partial charge in [0.05, 0.1) is 25.2 Å². The van der Waals surface area contributed by atoms with Crippen molar-refractivity contribution in [2.24, 2.45) is 5.41 Å². The van der Waals surface area contributed by atoms with E-state index in [-0.39, 0.29) is 13.2 Å². The first-order valence-corrected chi connectivity index (χ1v) is 10.7. The average molecular weight is 473 g/mol. The first kappa shape index (κ1) is 27.2. The Bertz CT molecular complexity index is 776. The van der Waals surface area contributed by atoms with Crippen molar-refractivity contribution in [3.05, 3.63) is 42.5 Å². The van der Waals surface area contributed by atoms with Crippen LogP contribution in [0.3, 0.4) is 0 Å². The number of carbonyl (C=O) groups is 1. The second kappa shape index (κ2) is 11.4. The van der Waals surface area contributed by atoms with Crippen molar-refractivity contribution in [3.8, 4) is 5.75 Å². The molecule has 5 unspecified atom stereocenters. The van der Waals surface area contributed by atoms with Crippen LogP contribution in [0.1, 0.15) is 32.8 Å². The van der Waals surface area contributed by atoms with E-state index >= 15 is 0 Å². The molecule has 1 aliphatic heterocycles. The van der Waals surface area contributed by atoms with Crippen LogP contribution in [0.5, 0.6) is 5.75 Å². The lowest BCUT2D eigenvalue weighted by atomic mass is 9.97. The number of halogens is 2. The number of alkyl halides is 2. The number of hydrogen-bond acceptors (Lipinski definition) is 7. The van der Waals surface area contributed by atoms with Gasteiger partial charge in [-0.3, -0.25) is 4.79 Å². The monoisotopic (exact) mass is 472 g/mol. The molecule has 1 fully saturated rings. The molecule has 1 saturated heterocycles. The van der Waals surface area contributed by atoms with Crippen molar-refractivity contribution in [1.29, 1.82) is 0 Å². The third kappa shape index (κ3) is 7.20. The summed E-state index contributed by atoms with van der Waals surface area (Å²) in [6.45, 7) is 8.26. The van der Waals surface area contributed by atoms with Gasteiger partial charge in [0, 0.05) is 13.5 Å². The largest absolute Gasteiger partial charge is 0.497 e. The number of carbonyl (C=O) groups excluding carboxylic acids is 1. The molecule has 1 aliphatic rings. The van der Waals surface area contributed by atoms with Crippen molar-refractivity contribution in [3.63, 3.8) is 0 Å². The van der Waals surface area contributed by atoms with Crippen LogP contribution in [-0.4, -0.2) is 68.3 Å². The topological polar surface area (TPSA) is 83.5 Å². The average Bonchev–Trinajstić information content (AvgIpc) is 3.11. The summed E-state index contributed by atoms with van der Waals surface area (Å²) in [5.41, 5.74) is 0.123. The Morgan fingerprint density at radius 2 is 1.82 bits per heavy atom. The number of esters is 1. The highest BCUT2D eigenvalue weighted by Gasteiger charge is 2.49. The van der Waals surface area contributed by atoms with Crippen molar-refractivity contribution >= 4 is 5.97 Å². The molecule has 9 heteroatoms. The summed E-state index contributed by atoms with van der Waals surface area (Å²) in [6, 6.07) is 7.24. The van der Waals surface area contributed by atoms with Gasteiger partial charge >= 0.3 is 5.97 Å². The van der Waals surface area contributed by atoms with E-state index in [1.165, 1.54) is 7.11 Å². The normalized spacial score (nSPS) is 24.4. The molecule has 2 rings (SSSR count). The summed E-state index contributed by atoms with van der Waals surface area (Å²) in [6.07, 6.45) is -5.20. The van der Waals surface area contributed by atoms with Crippen molar-refractivity contribution in [2.75, 3.05) is 20.8 Å². The summed E-state index contributed by atoms with van der Waals surface area (Å²) < 4.78 is 55.7. The maximum Gasteiger partial charge on any atom is 0.311 e. The highest BCUT2D eigenvalue weighted by molar-refractivity contribution is 5.75. The van der Waals surface area contributed by atoms with E-state index in [0.29, 0.717) is 11.8 Å². The van der Waals surface area contributed by atoms with E-state index in [1.807, 2.05) is 12.1 Å². The molecule has 1 aromatic carbocycles. The van der Waals surface area contributed by atoms with Crippen molar-refractivity contribution in [1.82, 2.24) is 0 Å². The SMILES string of the molecule is C=CC(F)(F)C(O)CC1OC(COC(=O)C(C)(C)C)C(OCc2ccc(OC)cc2)C1OC. The fraction of sp³-hybridized carbons (Fsp3) is 0.625. The lowest BCUT2D eigenvalue weighted by Gasteiger charge is -2.26. The van der Waals surface area contributed by atoms with Crippen LogP contribution < -0.4 is 4.74 Å². The van der Waals surface area contributed by atoms with Crippen LogP contribution in [0.4, 0.5) is 8.78 Å². The van der Waals surface area contributed by atoms with E-state index in [4.69, 9.17) is 23.7 Å². The van der Waals surface area contributed by atoms with E-state index in [0.717, 1.165) is 5.56 Å². The molecular formula is C24H34F2O7. The van der Waals surface area contributed by atoms with Gasteiger partial charge in [0.25, 0.3) is 5.92 Å². The minimum absolute atomic E-state index is 0.145. The Morgan fingerprint density at radius 1 is 1.18 bits per heavy atom. The van der Waals surface area contributed by atoms with E-state index in [1.54, 1.807) is 40.0 Å². The molecule has 0 aliphatic carbocycles. The number of hydrogen-bond donors (Lipinski definition) is 1. The fourth-order valence-corrected chi connectivity index (χ4v) is 3.42. The molecule has 1 aromatic rings. The molecule has 0 radical (unpaired) electrons. The smallest absolute Gasteiger partial charge is 0.311 e. The van der Waals surface area contributed by atoms with Crippen molar-refractivity contribution in [2.45, 2.75) is 70.2 Å².